The summed E-state index contributed by atoms with van der Waals surface area (Å²) in [5.74, 6) is -2.95. The highest BCUT2D eigenvalue weighted by Gasteiger charge is 2.22. The molecule has 0 bridgehead atoms. The number of benzene rings is 1. The SMILES string of the molecule is CC(C)(N)c1ccc(F)c(O)c1F. The zero-order valence-electron chi connectivity index (χ0n) is 7.44. The van der Waals surface area contributed by atoms with Crippen LogP contribution in [0.25, 0.3) is 0 Å². The van der Waals surface area contributed by atoms with E-state index in [2.05, 4.69) is 0 Å². The molecule has 0 amide bonds. The van der Waals surface area contributed by atoms with Gasteiger partial charge in [0.15, 0.2) is 17.4 Å². The van der Waals surface area contributed by atoms with E-state index in [0.29, 0.717) is 0 Å². The van der Waals surface area contributed by atoms with Crippen molar-refractivity contribution in [3.05, 3.63) is 29.3 Å². The van der Waals surface area contributed by atoms with Gasteiger partial charge in [0, 0.05) is 11.1 Å². The van der Waals surface area contributed by atoms with E-state index >= 15 is 0 Å². The van der Waals surface area contributed by atoms with Gasteiger partial charge in [-0.3, -0.25) is 0 Å². The monoisotopic (exact) mass is 187 g/mol. The first-order valence-electron chi connectivity index (χ1n) is 3.80. The number of hydrogen-bond acceptors (Lipinski definition) is 2. The second-order valence-corrected chi connectivity index (χ2v) is 3.48. The fourth-order valence-corrected chi connectivity index (χ4v) is 1.04. The summed E-state index contributed by atoms with van der Waals surface area (Å²) >= 11 is 0. The maximum Gasteiger partial charge on any atom is 0.188 e. The van der Waals surface area contributed by atoms with Crippen LogP contribution >= 0.6 is 0 Å². The van der Waals surface area contributed by atoms with Crippen LogP contribution in [0.4, 0.5) is 8.78 Å². The van der Waals surface area contributed by atoms with Gasteiger partial charge in [-0.15, -0.1) is 0 Å². The summed E-state index contributed by atoms with van der Waals surface area (Å²) in [5.41, 5.74) is 4.76. The summed E-state index contributed by atoms with van der Waals surface area (Å²) in [6.07, 6.45) is 0. The molecular weight excluding hydrogens is 176 g/mol. The third-order valence-corrected chi connectivity index (χ3v) is 1.76. The normalized spacial score (nSPS) is 11.8. The molecule has 4 heteroatoms. The molecule has 3 N–H and O–H groups in total. The molecule has 0 aromatic heterocycles. The molecule has 0 unspecified atom stereocenters. The van der Waals surface area contributed by atoms with Crippen molar-refractivity contribution >= 4 is 0 Å². The molecule has 1 aromatic rings. The molecular formula is C9H11F2NO. The van der Waals surface area contributed by atoms with Gasteiger partial charge in [0.05, 0.1) is 0 Å². The molecule has 72 valence electrons. The molecule has 0 spiro atoms. The number of halogens is 2. The number of aromatic hydroxyl groups is 1. The Morgan fingerprint density at radius 3 is 2.31 bits per heavy atom. The topological polar surface area (TPSA) is 46.2 Å². The van der Waals surface area contributed by atoms with Gasteiger partial charge in [0.2, 0.25) is 0 Å². The van der Waals surface area contributed by atoms with Crippen LogP contribution in [0, 0.1) is 11.6 Å². The largest absolute Gasteiger partial charge is 0.503 e. The highest BCUT2D eigenvalue weighted by atomic mass is 19.1. The van der Waals surface area contributed by atoms with Crippen molar-refractivity contribution in [2.24, 2.45) is 5.73 Å². The van der Waals surface area contributed by atoms with E-state index in [1.807, 2.05) is 0 Å². The van der Waals surface area contributed by atoms with Crippen molar-refractivity contribution in [1.29, 1.82) is 0 Å². The number of rotatable bonds is 1. The molecule has 0 heterocycles. The second kappa shape index (κ2) is 2.96. The van der Waals surface area contributed by atoms with Gasteiger partial charge in [0.25, 0.3) is 0 Å². The van der Waals surface area contributed by atoms with Gasteiger partial charge >= 0.3 is 0 Å². The molecule has 0 aliphatic heterocycles. The third kappa shape index (κ3) is 1.78. The highest BCUT2D eigenvalue weighted by molar-refractivity contribution is 5.34. The van der Waals surface area contributed by atoms with E-state index in [4.69, 9.17) is 10.8 Å². The summed E-state index contributed by atoms with van der Waals surface area (Å²) in [6, 6.07) is 2.22. The van der Waals surface area contributed by atoms with Gasteiger partial charge in [0.1, 0.15) is 0 Å². The van der Waals surface area contributed by atoms with Gasteiger partial charge in [-0.05, 0) is 19.9 Å². The van der Waals surface area contributed by atoms with Crippen LogP contribution < -0.4 is 5.73 Å². The first kappa shape index (κ1) is 9.92. The predicted molar refractivity (Wildman–Crippen MR) is 45.2 cm³/mol. The Labute approximate surface area is 75.0 Å². The van der Waals surface area contributed by atoms with E-state index in [-0.39, 0.29) is 5.56 Å². The van der Waals surface area contributed by atoms with Crippen LogP contribution in [0.5, 0.6) is 5.75 Å². The molecule has 0 aliphatic carbocycles. The van der Waals surface area contributed by atoms with Crippen LogP contribution in [0.3, 0.4) is 0 Å². The maximum atomic E-state index is 13.2. The molecule has 0 atom stereocenters. The average Bonchev–Trinajstić information content (AvgIpc) is 1.98. The van der Waals surface area contributed by atoms with E-state index in [9.17, 15) is 8.78 Å². The third-order valence-electron chi connectivity index (χ3n) is 1.76. The van der Waals surface area contributed by atoms with Crippen molar-refractivity contribution in [1.82, 2.24) is 0 Å². The Hall–Kier alpha value is -1.16. The quantitative estimate of drug-likeness (QED) is 0.704. The molecule has 13 heavy (non-hydrogen) atoms. The Kier molecular flexibility index (Phi) is 2.26. The molecule has 2 nitrogen and oxygen atoms in total. The fourth-order valence-electron chi connectivity index (χ4n) is 1.04. The summed E-state index contributed by atoms with van der Waals surface area (Å²) in [7, 11) is 0. The summed E-state index contributed by atoms with van der Waals surface area (Å²) in [6.45, 7) is 3.14. The minimum absolute atomic E-state index is 0.0893. The summed E-state index contributed by atoms with van der Waals surface area (Å²) < 4.78 is 25.8. The number of phenols is 1. The minimum Gasteiger partial charge on any atom is -0.503 e. The van der Waals surface area contributed by atoms with E-state index in [1.165, 1.54) is 6.07 Å². The van der Waals surface area contributed by atoms with Gasteiger partial charge in [-0.1, -0.05) is 6.07 Å². The molecule has 1 aromatic carbocycles. The van der Waals surface area contributed by atoms with E-state index in [0.717, 1.165) is 6.07 Å². The van der Waals surface area contributed by atoms with E-state index < -0.39 is 22.9 Å². The predicted octanol–water partition coefficient (Wildman–Crippen LogP) is 1.86. The lowest BCUT2D eigenvalue weighted by molar-refractivity contribution is 0.383. The van der Waals surface area contributed by atoms with Gasteiger partial charge < -0.3 is 10.8 Å². The average molecular weight is 187 g/mol. The summed E-state index contributed by atoms with van der Waals surface area (Å²) in [5, 5.41) is 8.94. The number of hydrogen-bond donors (Lipinski definition) is 2. The molecule has 0 aliphatic rings. The number of nitrogens with two attached hydrogens (primary N) is 1. The molecule has 0 fully saturated rings. The molecule has 1 rings (SSSR count). The standard InChI is InChI=1S/C9H11F2NO/c1-9(2,12)5-3-4-6(10)8(13)7(5)11/h3-4,13H,12H2,1-2H3. The van der Waals surface area contributed by atoms with Crippen LogP contribution in [0.1, 0.15) is 19.4 Å². The van der Waals surface area contributed by atoms with Crippen LogP contribution in [0.15, 0.2) is 12.1 Å². The Morgan fingerprint density at radius 1 is 1.31 bits per heavy atom. The van der Waals surface area contributed by atoms with Crippen molar-refractivity contribution in [2.75, 3.05) is 0 Å². The van der Waals surface area contributed by atoms with E-state index in [1.54, 1.807) is 13.8 Å². The van der Waals surface area contributed by atoms with Crippen LogP contribution in [-0.4, -0.2) is 5.11 Å². The first-order valence-corrected chi connectivity index (χ1v) is 3.80. The van der Waals surface area contributed by atoms with Crippen molar-refractivity contribution in [3.63, 3.8) is 0 Å². The van der Waals surface area contributed by atoms with Crippen molar-refractivity contribution in [3.8, 4) is 5.75 Å². The zero-order valence-corrected chi connectivity index (χ0v) is 7.44. The minimum atomic E-state index is -0.993. The molecule has 0 saturated carbocycles. The van der Waals surface area contributed by atoms with Crippen LogP contribution in [-0.2, 0) is 5.54 Å². The molecule has 0 radical (unpaired) electrons. The lowest BCUT2D eigenvalue weighted by atomic mass is 9.95. The Morgan fingerprint density at radius 2 is 1.85 bits per heavy atom. The van der Waals surface area contributed by atoms with Crippen molar-refractivity contribution in [2.45, 2.75) is 19.4 Å². The lowest BCUT2D eigenvalue weighted by Gasteiger charge is -2.20. The zero-order chi connectivity index (χ0) is 10.2. The lowest BCUT2D eigenvalue weighted by Crippen LogP contribution is -2.29. The Bertz CT molecular complexity index is 331. The smallest absolute Gasteiger partial charge is 0.188 e. The van der Waals surface area contributed by atoms with Gasteiger partial charge in [-0.2, -0.15) is 0 Å². The highest BCUT2D eigenvalue weighted by Crippen LogP contribution is 2.28. The fraction of sp³-hybridized carbons (Fsp3) is 0.333. The Balaban J connectivity index is 3.35. The van der Waals surface area contributed by atoms with Crippen LogP contribution in [0.2, 0.25) is 0 Å². The van der Waals surface area contributed by atoms with Gasteiger partial charge in [-0.25, -0.2) is 8.78 Å². The molecule has 0 saturated heterocycles. The second-order valence-electron chi connectivity index (χ2n) is 3.48. The number of phenolic OH excluding ortho intramolecular Hbond substituents is 1. The maximum absolute atomic E-state index is 13.2. The van der Waals surface area contributed by atoms with Crippen molar-refractivity contribution < 1.29 is 13.9 Å². The first-order chi connectivity index (χ1) is 5.84. The summed E-state index contributed by atoms with van der Waals surface area (Å²) in [4.78, 5) is 0.